The van der Waals surface area contributed by atoms with E-state index in [-0.39, 0.29) is 5.69 Å². The Bertz CT molecular complexity index is 458. The third-order valence-corrected chi connectivity index (χ3v) is 3.18. The Labute approximate surface area is 104 Å². The van der Waals surface area contributed by atoms with Crippen molar-refractivity contribution in [2.75, 3.05) is 6.54 Å². The predicted octanol–water partition coefficient (Wildman–Crippen LogP) is 1.64. The molecule has 1 heterocycles. The van der Waals surface area contributed by atoms with E-state index in [1.165, 1.54) is 12.1 Å². The summed E-state index contributed by atoms with van der Waals surface area (Å²) < 4.78 is 0. The molecule has 0 bridgehead atoms. The van der Waals surface area contributed by atoms with Crippen LogP contribution in [0.15, 0.2) is 24.3 Å². The van der Waals surface area contributed by atoms with Gasteiger partial charge in [0.25, 0.3) is 5.69 Å². The molecule has 1 aromatic carbocycles. The molecule has 1 N–H and O–H groups in total. The molecule has 6 heteroatoms. The normalized spacial score (nSPS) is 19.9. The van der Waals surface area contributed by atoms with Crippen LogP contribution in [0.3, 0.4) is 0 Å². The van der Waals surface area contributed by atoms with E-state index in [4.69, 9.17) is 5.11 Å². The van der Waals surface area contributed by atoms with Gasteiger partial charge in [-0.25, -0.2) is 0 Å². The highest BCUT2D eigenvalue weighted by molar-refractivity contribution is 5.73. The van der Waals surface area contributed by atoms with Gasteiger partial charge in [0.1, 0.15) is 6.04 Å². The van der Waals surface area contributed by atoms with Gasteiger partial charge in [0, 0.05) is 18.7 Å². The van der Waals surface area contributed by atoms with Gasteiger partial charge < -0.3 is 5.11 Å². The fourth-order valence-corrected chi connectivity index (χ4v) is 2.25. The lowest BCUT2D eigenvalue weighted by atomic mass is 10.1. The number of carboxylic acids is 1. The highest BCUT2D eigenvalue weighted by Gasteiger charge is 2.30. The molecule has 18 heavy (non-hydrogen) atoms. The van der Waals surface area contributed by atoms with E-state index in [2.05, 4.69) is 0 Å². The zero-order valence-corrected chi connectivity index (χ0v) is 9.78. The van der Waals surface area contributed by atoms with E-state index in [9.17, 15) is 14.9 Å². The minimum absolute atomic E-state index is 0.0509. The van der Waals surface area contributed by atoms with Crippen LogP contribution in [0.25, 0.3) is 0 Å². The predicted molar refractivity (Wildman–Crippen MR) is 64.2 cm³/mol. The maximum Gasteiger partial charge on any atom is 0.320 e. The van der Waals surface area contributed by atoms with Gasteiger partial charge in [0.05, 0.1) is 4.92 Å². The Hall–Kier alpha value is -1.95. The lowest BCUT2D eigenvalue weighted by Crippen LogP contribution is -2.35. The van der Waals surface area contributed by atoms with Crippen LogP contribution < -0.4 is 0 Å². The molecule has 1 saturated heterocycles. The van der Waals surface area contributed by atoms with Gasteiger partial charge in [-0.2, -0.15) is 0 Å². The van der Waals surface area contributed by atoms with E-state index in [0.717, 1.165) is 18.5 Å². The average Bonchev–Trinajstić information content (AvgIpc) is 2.78. The number of likely N-dealkylation sites (tertiary alicyclic amines) is 1. The Morgan fingerprint density at radius 3 is 2.67 bits per heavy atom. The molecule has 0 aliphatic carbocycles. The standard InChI is InChI=1S/C12H14N2O4/c15-12(16)11-2-1-7-13(11)8-9-3-5-10(6-4-9)14(17)18/h3-6,11H,1-2,7-8H2,(H,15,16). The quantitative estimate of drug-likeness (QED) is 0.648. The third-order valence-electron chi connectivity index (χ3n) is 3.18. The van der Waals surface area contributed by atoms with Crippen molar-refractivity contribution in [1.82, 2.24) is 4.90 Å². The number of benzene rings is 1. The van der Waals surface area contributed by atoms with Gasteiger partial charge in [-0.3, -0.25) is 19.8 Å². The van der Waals surface area contributed by atoms with Crippen molar-refractivity contribution in [2.45, 2.75) is 25.4 Å². The second-order valence-corrected chi connectivity index (χ2v) is 4.39. The summed E-state index contributed by atoms with van der Waals surface area (Å²) in [6.45, 7) is 1.28. The summed E-state index contributed by atoms with van der Waals surface area (Å²) in [6.07, 6.45) is 1.55. The number of rotatable bonds is 4. The molecule has 2 rings (SSSR count). The maximum atomic E-state index is 11.0. The molecule has 1 unspecified atom stereocenters. The summed E-state index contributed by atoms with van der Waals surface area (Å²) in [5.74, 6) is -0.797. The number of carboxylic acid groups (broad SMARTS) is 1. The molecule has 1 atom stereocenters. The molecule has 0 saturated carbocycles. The zero-order chi connectivity index (χ0) is 13.1. The van der Waals surface area contributed by atoms with Crippen molar-refractivity contribution in [3.63, 3.8) is 0 Å². The first-order valence-electron chi connectivity index (χ1n) is 5.78. The molecule has 0 radical (unpaired) electrons. The number of nitro benzene ring substituents is 1. The maximum absolute atomic E-state index is 11.0. The van der Waals surface area contributed by atoms with Crippen LogP contribution >= 0.6 is 0 Å². The largest absolute Gasteiger partial charge is 0.480 e. The molecule has 0 spiro atoms. The molecule has 1 aliphatic heterocycles. The second kappa shape index (κ2) is 5.14. The summed E-state index contributed by atoms with van der Waals surface area (Å²) in [5, 5.41) is 19.6. The fourth-order valence-electron chi connectivity index (χ4n) is 2.25. The summed E-state index contributed by atoms with van der Waals surface area (Å²) in [4.78, 5) is 23.0. The van der Waals surface area contributed by atoms with Crippen molar-refractivity contribution in [3.05, 3.63) is 39.9 Å². The number of aliphatic carboxylic acids is 1. The van der Waals surface area contributed by atoms with E-state index in [0.29, 0.717) is 13.0 Å². The Morgan fingerprint density at radius 1 is 1.44 bits per heavy atom. The van der Waals surface area contributed by atoms with Gasteiger partial charge in [-0.15, -0.1) is 0 Å². The third kappa shape index (κ3) is 2.65. The first-order chi connectivity index (χ1) is 8.58. The highest BCUT2D eigenvalue weighted by Crippen LogP contribution is 2.21. The molecule has 1 aromatic rings. The van der Waals surface area contributed by atoms with E-state index < -0.39 is 16.9 Å². The van der Waals surface area contributed by atoms with Crippen LogP contribution in [0.2, 0.25) is 0 Å². The van der Waals surface area contributed by atoms with Gasteiger partial charge in [-0.05, 0) is 24.9 Å². The number of nitrogens with zero attached hydrogens (tertiary/aromatic N) is 2. The monoisotopic (exact) mass is 250 g/mol. The van der Waals surface area contributed by atoms with Crippen LogP contribution in [0.1, 0.15) is 18.4 Å². The lowest BCUT2D eigenvalue weighted by molar-refractivity contribution is -0.384. The minimum Gasteiger partial charge on any atom is -0.480 e. The number of non-ortho nitro benzene ring substituents is 1. The SMILES string of the molecule is O=C(O)C1CCCN1Cc1ccc([N+](=O)[O-])cc1. The van der Waals surface area contributed by atoms with Crippen molar-refractivity contribution >= 4 is 11.7 Å². The van der Waals surface area contributed by atoms with E-state index in [1.54, 1.807) is 12.1 Å². The number of nitro groups is 1. The number of hydrogen-bond acceptors (Lipinski definition) is 4. The van der Waals surface area contributed by atoms with Crippen LogP contribution in [-0.2, 0) is 11.3 Å². The molecule has 1 fully saturated rings. The molecular formula is C12H14N2O4. The summed E-state index contributed by atoms with van der Waals surface area (Å²) in [5.41, 5.74) is 0.948. The summed E-state index contributed by atoms with van der Waals surface area (Å²) in [7, 11) is 0. The molecular weight excluding hydrogens is 236 g/mol. The molecule has 0 aromatic heterocycles. The Balaban J connectivity index is 2.05. The minimum atomic E-state index is -0.797. The molecule has 6 nitrogen and oxygen atoms in total. The Kier molecular flexibility index (Phi) is 3.57. The fraction of sp³-hybridized carbons (Fsp3) is 0.417. The number of hydrogen-bond donors (Lipinski definition) is 1. The van der Waals surface area contributed by atoms with Crippen molar-refractivity contribution in [3.8, 4) is 0 Å². The topological polar surface area (TPSA) is 83.7 Å². The van der Waals surface area contributed by atoms with Crippen molar-refractivity contribution in [1.29, 1.82) is 0 Å². The van der Waals surface area contributed by atoms with E-state index in [1.807, 2.05) is 4.90 Å². The molecule has 0 amide bonds. The zero-order valence-electron chi connectivity index (χ0n) is 9.78. The molecule has 1 aliphatic rings. The van der Waals surface area contributed by atoms with Gasteiger partial charge >= 0.3 is 5.97 Å². The van der Waals surface area contributed by atoms with Gasteiger partial charge in [0.15, 0.2) is 0 Å². The van der Waals surface area contributed by atoms with Crippen LogP contribution in [0.4, 0.5) is 5.69 Å². The van der Waals surface area contributed by atoms with Crippen LogP contribution in [0.5, 0.6) is 0 Å². The lowest BCUT2D eigenvalue weighted by Gasteiger charge is -2.20. The van der Waals surface area contributed by atoms with E-state index >= 15 is 0 Å². The second-order valence-electron chi connectivity index (χ2n) is 4.39. The van der Waals surface area contributed by atoms with Gasteiger partial charge in [-0.1, -0.05) is 12.1 Å². The Morgan fingerprint density at radius 2 is 2.11 bits per heavy atom. The molecule has 96 valence electrons. The summed E-state index contributed by atoms with van der Waals surface area (Å²) in [6, 6.07) is 5.81. The first-order valence-corrected chi connectivity index (χ1v) is 5.78. The number of carbonyl (C=O) groups is 1. The van der Waals surface area contributed by atoms with Crippen LogP contribution in [0, 0.1) is 10.1 Å². The summed E-state index contributed by atoms with van der Waals surface area (Å²) >= 11 is 0. The smallest absolute Gasteiger partial charge is 0.320 e. The van der Waals surface area contributed by atoms with Crippen LogP contribution in [-0.4, -0.2) is 33.5 Å². The van der Waals surface area contributed by atoms with Crippen molar-refractivity contribution in [2.24, 2.45) is 0 Å². The van der Waals surface area contributed by atoms with Crippen molar-refractivity contribution < 1.29 is 14.8 Å². The average molecular weight is 250 g/mol. The highest BCUT2D eigenvalue weighted by atomic mass is 16.6. The van der Waals surface area contributed by atoms with Gasteiger partial charge in [0.2, 0.25) is 0 Å². The first kappa shape index (κ1) is 12.5.